The maximum atomic E-state index is 5.93. The SMILES string of the molecule is Cc1nn(CCCNC(=S)NC2CC2)cc1Cl. The molecule has 2 N–H and O–H groups in total. The van der Waals surface area contributed by atoms with E-state index >= 15 is 0 Å². The van der Waals surface area contributed by atoms with E-state index in [1.54, 1.807) is 0 Å². The van der Waals surface area contributed by atoms with Gasteiger partial charge in [0.1, 0.15) is 0 Å². The van der Waals surface area contributed by atoms with Gasteiger partial charge >= 0.3 is 0 Å². The van der Waals surface area contributed by atoms with E-state index in [4.69, 9.17) is 23.8 Å². The monoisotopic (exact) mass is 272 g/mol. The summed E-state index contributed by atoms with van der Waals surface area (Å²) in [6, 6.07) is 0.613. The lowest BCUT2D eigenvalue weighted by Gasteiger charge is -2.09. The third-order valence-electron chi connectivity index (χ3n) is 2.65. The van der Waals surface area contributed by atoms with Crippen LogP contribution in [-0.4, -0.2) is 27.5 Å². The van der Waals surface area contributed by atoms with Crippen molar-refractivity contribution in [2.45, 2.75) is 38.8 Å². The summed E-state index contributed by atoms with van der Waals surface area (Å²) in [4.78, 5) is 0. The molecule has 0 aromatic carbocycles. The predicted molar refractivity (Wildman–Crippen MR) is 73.3 cm³/mol. The Morgan fingerprint density at radius 1 is 1.65 bits per heavy atom. The maximum Gasteiger partial charge on any atom is 0.166 e. The molecule has 0 atom stereocenters. The highest BCUT2D eigenvalue weighted by molar-refractivity contribution is 7.80. The number of aryl methyl sites for hydroxylation is 2. The molecule has 94 valence electrons. The molecule has 2 rings (SSSR count). The topological polar surface area (TPSA) is 41.9 Å². The van der Waals surface area contributed by atoms with E-state index in [1.807, 2.05) is 17.8 Å². The van der Waals surface area contributed by atoms with Crippen LogP contribution in [0.15, 0.2) is 6.20 Å². The summed E-state index contributed by atoms with van der Waals surface area (Å²) in [6.07, 6.45) is 5.32. The van der Waals surface area contributed by atoms with Crippen LogP contribution >= 0.6 is 23.8 Å². The number of thiocarbonyl (C=S) groups is 1. The molecule has 1 aromatic heterocycles. The van der Waals surface area contributed by atoms with Crippen LogP contribution in [0.4, 0.5) is 0 Å². The normalized spacial score (nSPS) is 14.7. The molecule has 1 aliphatic carbocycles. The number of hydrogen-bond donors (Lipinski definition) is 2. The lowest BCUT2D eigenvalue weighted by atomic mass is 10.4. The lowest BCUT2D eigenvalue weighted by molar-refractivity contribution is 0.568. The highest BCUT2D eigenvalue weighted by atomic mass is 35.5. The first-order chi connectivity index (χ1) is 8.15. The van der Waals surface area contributed by atoms with E-state index in [2.05, 4.69) is 15.7 Å². The summed E-state index contributed by atoms with van der Waals surface area (Å²) in [6.45, 7) is 3.62. The summed E-state index contributed by atoms with van der Waals surface area (Å²) in [5.41, 5.74) is 0.880. The molecule has 0 amide bonds. The standard InChI is InChI=1S/C11H17ClN4S/c1-8-10(12)7-16(15-8)6-2-5-13-11(17)14-9-3-4-9/h7,9H,2-6H2,1H3,(H2,13,14,17). The van der Waals surface area contributed by atoms with Crippen LogP contribution in [0, 0.1) is 6.92 Å². The zero-order chi connectivity index (χ0) is 12.3. The summed E-state index contributed by atoms with van der Waals surface area (Å²) in [7, 11) is 0. The van der Waals surface area contributed by atoms with Gasteiger partial charge in [0.15, 0.2) is 5.11 Å². The summed E-state index contributed by atoms with van der Waals surface area (Å²) < 4.78 is 1.87. The van der Waals surface area contributed by atoms with Gasteiger partial charge < -0.3 is 10.6 Å². The van der Waals surface area contributed by atoms with Gasteiger partial charge in [-0.2, -0.15) is 5.10 Å². The van der Waals surface area contributed by atoms with Crippen LogP contribution in [0.5, 0.6) is 0 Å². The fourth-order valence-corrected chi connectivity index (χ4v) is 1.93. The minimum atomic E-state index is 0.613. The van der Waals surface area contributed by atoms with Crippen LogP contribution in [-0.2, 0) is 6.54 Å². The number of aromatic nitrogens is 2. The van der Waals surface area contributed by atoms with E-state index < -0.39 is 0 Å². The number of halogens is 1. The summed E-state index contributed by atoms with van der Waals surface area (Å²) in [5.74, 6) is 0. The fourth-order valence-electron chi connectivity index (χ4n) is 1.52. The molecule has 6 heteroatoms. The Balaban J connectivity index is 1.60. The van der Waals surface area contributed by atoms with Crippen molar-refractivity contribution in [2.75, 3.05) is 6.54 Å². The van der Waals surface area contributed by atoms with Crippen molar-refractivity contribution in [1.82, 2.24) is 20.4 Å². The highest BCUT2D eigenvalue weighted by Crippen LogP contribution is 2.18. The quantitative estimate of drug-likeness (QED) is 0.634. The fraction of sp³-hybridized carbons (Fsp3) is 0.636. The second-order valence-corrected chi connectivity index (χ2v) is 5.17. The van der Waals surface area contributed by atoms with E-state index in [0.717, 1.165) is 35.3 Å². The van der Waals surface area contributed by atoms with Gasteiger partial charge in [-0.1, -0.05) is 11.6 Å². The largest absolute Gasteiger partial charge is 0.363 e. The van der Waals surface area contributed by atoms with E-state index in [-0.39, 0.29) is 0 Å². The summed E-state index contributed by atoms with van der Waals surface area (Å²) >= 11 is 11.1. The molecule has 1 aromatic rings. The van der Waals surface area contributed by atoms with Gasteiger partial charge in [-0.25, -0.2) is 0 Å². The van der Waals surface area contributed by atoms with Crippen molar-refractivity contribution in [3.8, 4) is 0 Å². The third-order valence-corrected chi connectivity index (χ3v) is 3.28. The Labute approximate surface area is 112 Å². The second kappa shape index (κ2) is 5.69. The average molecular weight is 273 g/mol. The molecule has 0 spiro atoms. The zero-order valence-corrected chi connectivity index (χ0v) is 11.4. The predicted octanol–water partition coefficient (Wildman–Crippen LogP) is 1.86. The first-order valence-electron chi connectivity index (χ1n) is 5.89. The molecular weight excluding hydrogens is 256 g/mol. The van der Waals surface area contributed by atoms with Gasteiger partial charge in [0.25, 0.3) is 0 Å². The van der Waals surface area contributed by atoms with Crippen molar-refractivity contribution in [1.29, 1.82) is 0 Å². The minimum absolute atomic E-state index is 0.613. The Morgan fingerprint density at radius 2 is 2.41 bits per heavy atom. The Bertz CT molecular complexity index is 381. The molecular formula is C11H17ClN4S. The first-order valence-corrected chi connectivity index (χ1v) is 6.67. The van der Waals surface area contributed by atoms with Gasteiger partial charge in [0.05, 0.1) is 10.7 Å². The Kier molecular flexibility index (Phi) is 4.23. The van der Waals surface area contributed by atoms with Crippen molar-refractivity contribution in [3.63, 3.8) is 0 Å². The summed E-state index contributed by atoms with van der Waals surface area (Å²) in [5, 5.41) is 12.2. The molecule has 17 heavy (non-hydrogen) atoms. The number of nitrogens with one attached hydrogen (secondary N) is 2. The van der Waals surface area contributed by atoms with Crippen LogP contribution in [0.25, 0.3) is 0 Å². The smallest absolute Gasteiger partial charge is 0.166 e. The van der Waals surface area contributed by atoms with Gasteiger partial charge in [0, 0.05) is 25.3 Å². The van der Waals surface area contributed by atoms with Crippen LogP contribution in [0.3, 0.4) is 0 Å². The van der Waals surface area contributed by atoms with Crippen molar-refractivity contribution in [2.24, 2.45) is 0 Å². The van der Waals surface area contributed by atoms with E-state index in [0.29, 0.717) is 6.04 Å². The third kappa shape index (κ3) is 4.16. The van der Waals surface area contributed by atoms with Crippen LogP contribution < -0.4 is 10.6 Å². The van der Waals surface area contributed by atoms with E-state index in [1.165, 1.54) is 12.8 Å². The molecule has 0 unspecified atom stereocenters. The van der Waals surface area contributed by atoms with Gasteiger partial charge in [-0.05, 0) is 38.4 Å². The van der Waals surface area contributed by atoms with Crippen LogP contribution in [0.1, 0.15) is 25.0 Å². The van der Waals surface area contributed by atoms with Crippen molar-refractivity contribution >= 4 is 28.9 Å². The van der Waals surface area contributed by atoms with Crippen LogP contribution in [0.2, 0.25) is 5.02 Å². The minimum Gasteiger partial charge on any atom is -0.363 e. The number of rotatable bonds is 5. The van der Waals surface area contributed by atoms with Crippen molar-refractivity contribution in [3.05, 3.63) is 16.9 Å². The van der Waals surface area contributed by atoms with E-state index in [9.17, 15) is 0 Å². The molecule has 0 radical (unpaired) electrons. The molecule has 4 nitrogen and oxygen atoms in total. The molecule has 0 bridgehead atoms. The Morgan fingerprint density at radius 3 is 3.00 bits per heavy atom. The molecule has 1 saturated carbocycles. The number of nitrogens with zero attached hydrogens (tertiary/aromatic N) is 2. The zero-order valence-electron chi connectivity index (χ0n) is 9.87. The Hall–Kier alpha value is -0.810. The lowest BCUT2D eigenvalue weighted by Crippen LogP contribution is -2.37. The molecule has 0 aliphatic heterocycles. The molecule has 1 aliphatic rings. The van der Waals surface area contributed by atoms with Gasteiger partial charge in [0.2, 0.25) is 0 Å². The number of hydrogen-bond acceptors (Lipinski definition) is 2. The van der Waals surface area contributed by atoms with Gasteiger partial charge in [-0.3, -0.25) is 4.68 Å². The first kappa shape index (κ1) is 12.6. The molecule has 1 fully saturated rings. The molecule has 1 heterocycles. The molecule has 0 saturated heterocycles. The maximum absolute atomic E-state index is 5.93. The second-order valence-electron chi connectivity index (χ2n) is 4.35. The van der Waals surface area contributed by atoms with Gasteiger partial charge in [-0.15, -0.1) is 0 Å². The average Bonchev–Trinajstić information content (AvgIpc) is 3.02. The highest BCUT2D eigenvalue weighted by Gasteiger charge is 2.21. The van der Waals surface area contributed by atoms with Crippen molar-refractivity contribution < 1.29 is 0 Å².